The van der Waals surface area contributed by atoms with Crippen molar-refractivity contribution in [1.29, 1.82) is 0 Å². The first kappa shape index (κ1) is 19.5. The summed E-state index contributed by atoms with van der Waals surface area (Å²) in [5.41, 5.74) is 1.31. The summed E-state index contributed by atoms with van der Waals surface area (Å²) in [4.78, 5) is 10.1. The Labute approximate surface area is 168 Å². The van der Waals surface area contributed by atoms with Crippen LogP contribution >= 0.6 is 0 Å². The third-order valence-electron chi connectivity index (χ3n) is 6.08. The van der Waals surface area contributed by atoms with Crippen LogP contribution in [0, 0.1) is 5.92 Å². The minimum Gasteiger partial charge on any atom is -0.493 e. The highest BCUT2D eigenvalue weighted by atomic mass is 16.5. The van der Waals surface area contributed by atoms with E-state index in [4.69, 9.17) is 14.5 Å². The smallest absolute Gasteiger partial charge is 0.193 e. The van der Waals surface area contributed by atoms with E-state index >= 15 is 0 Å². The summed E-state index contributed by atoms with van der Waals surface area (Å²) >= 11 is 0. The summed E-state index contributed by atoms with van der Waals surface area (Å²) in [5, 5.41) is 3.52. The van der Waals surface area contributed by atoms with E-state index in [0.717, 1.165) is 83.1 Å². The fraction of sp³-hybridized carbons (Fsp3) is 0.682. The third kappa shape index (κ3) is 4.78. The van der Waals surface area contributed by atoms with Crippen molar-refractivity contribution in [2.24, 2.45) is 10.9 Å². The summed E-state index contributed by atoms with van der Waals surface area (Å²) in [6.07, 6.45) is 2.29. The summed E-state index contributed by atoms with van der Waals surface area (Å²) in [7, 11) is 0. The number of rotatable bonds is 5. The van der Waals surface area contributed by atoms with Crippen molar-refractivity contribution in [2.45, 2.75) is 25.7 Å². The van der Waals surface area contributed by atoms with Crippen LogP contribution in [0.4, 0.5) is 0 Å². The Morgan fingerprint density at radius 2 is 2.00 bits per heavy atom. The molecular weight excluding hydrogens is 352 g/mol. The Morgan fingerprint density at radius 3 is 2.86 bits per heavy atom. The number of hydrogen-bond acceptors (Lipinski definition) is 4. The molecule has 0 aliphatic carbocycles. The summed E-state index contributed by atoms with van der Waals surface area (Å²) in [6.45, 7) is 12.0. The zero-order valence-corrected chi connectivity index (χ0v) is 17.1. The lowest BCUT2D eigenvalue weighted by Gasteiger charge is -2.29. The van der Waals surface area contributed by atoms with Gasteiger partial charge in [-0.2, -0.15) is 0 Å². The predicted octanol–water partition coefficient (Wildman–Crippen LogP) is 2.17. The van der Waals surface area contributed by atoms with E-state index in [-0.39, 0.29) is 0 Å². The van der Waals surface area contributed by atoms with Crippen molar-refractivity contribution in [1.82, 2.24) is 15.1 Å². The highest BCUT2D eigenvalue weighted by Crippen LogP contribution is 2.33. The quantitative estimate of drug-likeness (QED) is 0.621. The molecule has 2 fully saturated rings. The molecule has 1 N–H and O–H groups in total. The van der Waals surface area contributed by atoms with Gasteiger partial charge >= 0.3 is 0 Å². The molecule has 0 bridgehead atoms. The molecule has 4 rings (SSSR count). The van der Waals surface area contributed by atoms with Crippen LogP contribution in [0.2, 0.25) is 0 Å². The van der Waals surface area contributed by atoms with Crippen molar-refractivity contribution >= 4 is 5.96 Å². The molecule has 154 valence electrons. The number of para-hydroxylation sites is 1. The maximum absolute atomic E-state index is 5.81. The highest BCUT2D eigenvalue weighted by Gasteiger charge is 2.28. The molecule has 3 aliphatic heterocycles. The summed E-state index contributed by atoms with van der Waals surface area (Å²) in [5.74, 6) is 3.29. The van der Waals surface area contributed by atoms with Crippen LogP contribution in [-0.4, -0.2) is 81.4 Å². The molecule has 2 atom stereocenters. The van der Waals surface area contributed by atoms with E-state index in [1.54, 1.807) is 0 Å². The number of likely N-dealkylation sites (tertiary alicyclic amines) is 1. The first-order valence-electron chi connectivity index (χ1n) is 10.9. The van der Waals surface area contributed by atoms with Crippen molar-refractivity contribution in [2.75, 3.05) is 65.6 Å². The van der Waals surface area contributed by atoms with Gasteiger partial charge in [-0.3, -0.25) is 9.89 Å². The van der Waals surface area contributed by atoms with Crippen LogP contribution < -0.4 is 10.1 Å². The SMILES string of the molecule is CCNC(=NCC1CCOc2ccccc21)N1CCC(CN2CCOCC2)C1. The van der Waals surface area contributed by atoms with Gasteiger partial charge in [0.2, 0.25) is 0 Å². The van der Waals surface area contributed by atoms with Crippen LogP contribution in [0.15, 0.2) is 29.3 Å². The fourth-order valence-corrected chi connectivity index (χ4v) is 4.55. The van der Waals surface area contributed by atoms with Crippen LogP contribution in [0.3, 0.4) is 0 Å². The van der Waals surface area contributed by atoms with Gasteiger partial charge in [-0.1, -0.05) is 18.2 Å². The number of morpholine rings is 1. The standard InChI is InChI=1S/C22H34N4O2/c1-2-23-22(24-15-19-8-12-28-21-6-4-3-5-20(19)21)26-9-7-18(17-26)16-25-10-13-27-14-11-25/h3-6,18-19H,2,7-17H2,1H3,(H,23,24). The van der Waals surface area contributed by atoms with E-state index in [2.05, 4.69) is 40.2 Å². The molecule has 0 radical (unpaired) electrons. The van der Waals surface area contributed by atoms with E-state index < -0.39 is 0 Å². The first-order valence-corrected chi connectivity index (χ1v) is 10.9. The van der Waals surface area contributed by atoms with Crippen molar-refractivity contribution in [3.63, 3.8) is 0 Å². The molecule has 3 heterocycles. The lowest BCUT2D eigenvalue weighted by atomic mass is 9.93. The Kier molecular flexibility index (Phi) is 6.70. The summed E-state index contributed by atoms with van der Waals surface area (Å²) in [6, 6.07) is 8.42. The highest BCUT2D eigenvalue weighted by molar-refractivity contribution is 5.80. The largest absolute Gasteiger partial charge is 0.493 e. The van der Waals surface area contributed by atoms with Gasteiger partial charge in [-0.25, -0.2) is 0 Å². The Balaban J connectivity index is 1.36. The van der Waals surface area contributed by atoms with Gasteiger partial charge in [0.15, 0.2) is 5.96 Å². The minimum atomic E-state index is 0.449. The number of benzene rings is 1. The first-order chi connectivity index (χ1) is 13.8. The average Bonchev–Trinajstić information content (AvgIpc) is 3.20. The Hall–Kier alpha value is -1.79. The Morgan fingerprint density at radius 1 is 1.14 bits per heavy atom. The molecule has 6 heteroatoms. The molecule has 0 amide bonds. The molecular formula is C22H34N4O2. The van der Waals surface area contributed by atoms with Gasteiger partial charge in [0.05, 0.1) is 19.8 Å². The van der Waals surface area contributed by atoms with Crippen LogP contribution in [0.1, 0.15) is 31.2 Å². The molecule has 3 aliphatic rings. The number of hydrogen-bond donors (Lipinski definition) is 1. The van der Waals surface area contributed by atoms with Gasteiger partial charge in [0.25, 0.3) is 0 Å². The molecule has 0 spiro atoms. The minimum absolute atomic E-state index is 0.449. The Bertz CT molecular complexity index is 660. The van der Waals surface area contributed by atoms with Crippen LogP contribution in [0.25, 0.3) is 0 Å². The van der Waals surface area contributed by atoms with Gasteiger partial charge in [0, 0.05) is 51.7 Å². The third-order valence-corrected chi connectivity index (χ3v) is 6.08. The second-order valence-corrected chi connectivity index (χ2v) is 8.08. The maximum atomic E-state index is 5.81. The molecule has 2 unspecified atom stereocenters. The number of aliphatic imine (C=N–C) groups is 1. The van der Waals surface area contributed by atoms with E-state index in [1.165, 1.54) is 18.5 Å². The second kappa shape index (κ2) is 9.61. The molecule has 1 aromatic rings. The van der Waals surface area contributed by atoms with Gasteiger partial charge in [-0.05, 0) is 37.3 Å². The number of guanidine groups is 1. The van der Waals surface area contributed by atoms with Crippen LogP contribution in [-0.2, 0) is 4.74 Å². The molecule has 2 saturated heterocycles. The number of fused-ring (bicyclic) bond motifs is 1. The zero-order valence-electron chi connectivity index (χ0n) is 17.1. The monoisotopic (exact) mass is 386 g/mol. The fourth-order valence-electron chi connectivity index (χ4n) is 4.55. The maximum Gasteiger partial charge on any atom is 0.193 e. The van der Waals surface area contributed by atoms with Crippen molar-refractivity contribution < 1.29 is 9.47 Å². The predicted molar refractivity (Wildman–Crippen MR) is 112 cm³/mol. The van der Waals surface area contributed by atoms with Crippen molar-refractivity contribution in [3.8, 4) is 5.75 Å². The van der Waals surface area contributed by atoms with Crippen LogP contribution in [0.5, 0.6) is 5.75 Å². The number of ether oxygens (including phenoxy) is 2. The van der Waals surface area contributed by atoms with Gasteiger partial charge < -0.3 is 19.7 Å². The number of nitrogens with zero attached hydrogens (tertiary/aromatic N) is 3. The van der Waals surface area contributed by atoms with Gasteiger partial charge in [0.1, 0.15) is 5.75 Å². The molecule has 1 aromatic carbocycles. The second-order valence-electron chi connectivity index (χ2n) is 8.08. The lowest BCUT2D eigenvalue weighted by molar-refractivity contribution is 0.0315. The van der Waals surface area contributed by atoms with E-state index in [0.29, 0.717) is 5.92 Å². The average molecular weight is 387 g/mol. The van der Waals surface area contributed by atoms with E-state index in [1.807, 2.05) is 6.07 Å². The molecule has 0 saturated carbocycles. The molecule has 6 nitrogen and oxygen atoms in total. The van der Waals surface area contributed by atoms with Gasteiger partial charge in [-0.15, -0.1) is 0 Å². The lowest BCUT2D eigenvalue weighted by Crippen LogP contribution is -2.42. The molecule has 28 heavy (non-hydrogen) atoms. The van der Waals surface area contributed by atoms with Crippen molar-refractivity contribution in [3.05, 3.63) is 29.8 Å². The summed E-state index contributed by atoms with van der Waals surface area (Å²) < 4.78 is 11.3. The molecule has 0 aromatic heterocycles. The topological polar surface area (TPSA) is 49.3 Å². The zero-order chi connectivity index (χ0) is 19.2. The normalized spacial score (nSPS) is 26.0. The number of nitrogens with one attached hydrogen (secondary N) is 1. The van der Waals surface area contributed by atoms with E-state index in [9.17, 15) is 0 Å².